The van der Waals surface area contributed by atoms with Gasteiger partial charge in [0, 0.05) is 5.56 Å². The molecule has 2 rings (SSSR count). The molecule has 0 heterocycles. The van der Waals surface area contributed by atoms with Crippen LogP contribution in [0.2, 0.25) is 0 Å². The lowest BCUT2D eigenvalue weighted by molar-refractivity contribution is -0.384. The molecule has 0 fully saturated rings. The van der Waals surface area contributed by atoms with Crippen LogP contribution in [0.15, 0.2) is 48.5 Å². The van der Waals surface area contributed by atoms with Crippen molar-refractivity contribution in [3.8, 4) is 0 Å². The zero-order valence-electron chi connectivity index (χ0n) is 10.8. The number of nitro groups is 1. The lowest BCUT2D eigenvalue weighted by Gasteiger charge is -2.08. The van der Waals surface area contributed by atoms with E-state index < -0.39 is 22.4 Å². The van der Waals surface area contributed by atoms with Crippen LogP contribution in [0, 0.1) is 10.1 Å². The summed E-state index contributed by atoms with van der Waals surface area (Å²) in [6, 6.07) is 12.2. The molecule has 2 aromatic rings. The standard InChI is InChI=1S/C14H11N3O4/c15-13(18)10-7-4-8-11(12(10)17(20)21)16-14(19)9-5-2-1-3-6-9/h1-8H,(H2,15,18)(H,16,19). The van der Waals surface area contributed by atoms with Gasteiger partial charge in [-0.25, -0.2) is 0 Å². The number of para-hydroxylation sites is 1. The van der Waals surface area contributed by atoms with Gasteiger partial charge in [-0.3, -0.25) is 19.7 Å². The first kappa shape index (κ1) is 14.2. The molecule has 0 atom stereocenters. The number of nitrogens with one attached hydrogen (secondary N) is 1. The second-order valence-electron chi connectivity index (χ2n) is 4.14. The molecule has 0 saturated heterocycles. The molecule has 21 heavy (non-hydrogen) atoms. The smallest absolute Gasteiger partial charge is 0.305 e. The number of benzene rings is 2. The van der Waals surface area contributed by atoms with Crippen molar-refractivity contribution in [2.45, 2.75) is 0 Å². The Labute approximate surface area is 119 Å². The predicted molar refractivity (Wildman–Crippen MR) is 76.0 cm³/mol. The average molecular weight is 285 g/mol. The van der Waals surface area contributed by atoms with E-state index in [4.69, 9.17) is 5.73 Å². The van der Waals surface area contributed by atoms with Crippen LogP contribution in [0.4, 0.5) is 11.4 Å². The Hall–Kier alpha value is -3.22. The van der Waals surface area contributed by atoms with Gasteiger partial charge in [0.2, 0.25) is 0 Å². The number of nitrogens with zero attached hydrogens (tertiary/aromatic N) is 1. The number of hydrogen-bond acceptors (Lipinski definition) is 4. The number of nitrogens with two attached hydrogens (primary N) is 1. The maximum absolute atomic E-state index is 12.0. The van der Waals surface area contributed by atoms with E-state index in [0.717, 1.165) is 0 Å². The molecule has 0 unspecified atom stereocenters. The number of hydrogen-bond donors (Lipinski definition) is 2. The van der Waals surface area contributed by atoms with Gasteiger partial charge < -0.3 is 11.1 Å². The van der Waals surface area contributed by atoms with Gasteiger partial charge in [-0.15, -0.1) is 0 Å². The molecule has 2 amide bonds. The molecule has 7 nitrogen and oxygen atoms in total. The van der Waals surface area contributed by atoms with Gasteiger partial charge in [0.15, 0.2) is 0 Å². The SMILES string of the molecule is NC(=O)c1cccc(NC(=O)c2ccccc2)c1[N+](=O)[O-]. The minimum atomic E-state index is -0.933. The van der Waals surface area contributed by atoms with Gasteiger partial charge in [-0.05, 0) is 24.3 Å². The molecular weight excluding hydrogens is 274 g/mol. The maximum atomic E-state index is 12.0. The molecule has 2 aromatic carbocycles. The third kappa shape index (κ3) is 3.03. The Kier molecular flexibility index (Phi) is 3.94. The topological polar surface area (TPSA) is 115 Å². The number of carbonyl (C=O) groups is 2. The van der Waals surface area contributed by atoms with Crippen LogP contribution in [0.3, 0.4) is 0 Å². The Balaban J connectivity index is 2.41. The summed E-state index contributed by atoms with van der Waals surface area (Å²) in [7, 11) is 0. The van der Waals surface area contributed by atoms with Gasteiger partial charge in [-0.1, -0.05) is 24.3 Å². The summed E-state index contributed by atoms with van der Waals surface area (Å²) >= 11 is 0. The first-order chi connectivity index (χ1) is 10.0. The highest BCUT2D eigenvalue weighted by molar-refractivity contribution is 6.07. The summed E-state index contributed by atoms with van der Waals surface area (Å²) in [5, 5.41) is 13.5. The van der Waals surface area contributed by atoms with Crippen molar-refractivity contribution in [2.75, 3.05) is 5.32 Å². The van der Waals surface area contributed by atoms with Crippen molar-refractivity contribution in [3.05, 3.63) is 69.8 Å². The fourth-order valence-corrected chi connectivity index (χ4v) is 1.82. The van der Waals surface area contributed by atoms with Crippen LogP contribution < -0.4 is 11.1 Å². The quantitative estimate of drug-likeness (QED) is 0.659. The molecule has 0 radical (unpaired) electrons. The van der Waals surface area contributed by atoms with Crippen molar-refractivity contribution in [3.63, 3.8) is 0 Å². The highest BCUT2D eigenvalue weighted by Crippen LogP contribution is 2.28. The van der Waals surface area contributed by atoms with Gasteiger partial charge in [-0.2, -0.15) is 0 Å². The van der Waals surface area contributed by atoms with Crippen LogP contribution in [-0.4, -0.2) is 16.7 Å². The Morgan fingerprint density at radius 2 is 1.71 bits per heavy atom. The summed E-state index contributed by atoms with van der Waals surface area (Å²) in [6.45, 7) is 0. The summed E-state index contributed by atoms with van der Waals surface area (Å²) in [5.74, 6) is -1.45. The van der Waals surface area contributed by atoms with Crippen LogP contribution >= 0.6 is 0 Å². The van der Waals surface area contributed by atoms with Crippen molar-refractivity contribution in [1.29, 1.82) is 0 Å². The van der Waals surface area contributed by atoms with Crippen LogP contribution in [0.1, 0.15) is 20.7 Å². The zero-order chi connectivity index (χ0) is 15.4. The molecule has 0 aliphatic rings. The van der Waals surface area contributed by atoms with Crippen molar-refractivity contribution < 1.29 is 14.5 Å². The number of rotatable bonds is 4. The number of carbonyl (C=O) groups excluding carboxylic acids is 2. The third-order valence-electron chi connectivity index (χ3n) is 2.77. The molecule has 0 aliphatic heterocycles. The minimum absolute atomic E-state index is 0.0786. The van der Waals surface area contributed by atoms with E-state index in [1.165, 1.54) is 18.2 Å². The molecule has 0 aliphatic carbocycles. The summed E-state index contributed by atoms with van der Waals surface area (Å²) < 4.78 is 0. The lowest BCUT2D eigenvalue weighted by Crippen LogP contribution is -2.17. The highest BCUT2D eigenvalue weighted by atomic mass is 16.6. The minimum Gasteiger partial charge on any atom is -0.365 e. The van der Waals surface area contributed by atoms with Crippen molar-refractivity contribution in [2.24, 2.45) is 5.73 Å². The second kappa shape index (κ2) is 5.83. The van der Waals surface area contributed by atoms with E-state index in [1.807, 2.05) is 0 Å². The molecule has 3 N–H and O–H groups in total. The molecule has 106 valence electrons. The normalized spacial score (nSPS) is 9.90. The Morgan fingerprint density at radius 3 is 2.29 bits per heavy atom. The number of amides is 2. The van der Waals surface area contributed by atoms with E-state index in [9.17, 15) is 19.7 Å². The molecule has 0 bridgehead atoms. The first-order valence-electron chi connectivity index (χ1n) is 5.94. The van der Waals surface area contributed by atoms with Crippen LogP contribution in [0.25, 0.3) is 0 Å². The largest absolute Gasteiger partial charge is 0.365 e. The predicted octanol–water partition coefficient (Wildman–Crippen LogP) is 1.95. The summed E-state index contributed by atoms with van der Waals surface area (Å²) in [5.41, 5.74) is 4.59. The van der Waals surface area contributed by atoms with Gasteiger partial charge in [0.05, 0.1) is 4.92 Å². The maximum Gasteiger partial charge on any atom is 0.305 e. The molecule has 0 spiro atoms. The number of nitro benzene ring substituents is 1. The van der Waals surface area contributed by atoms with E-state index >= 15 is 0 Å². The highest BCUT2D eigenvalue weighted by Gasteiger charge is 2.24. The van der Waals surface area contributed by atoms with E-state index in [2.05, 4.69) is 5.32 Å². The van der Waals surface area contributed by atoms with E-state index in [-0.39, 0.29) is 11.3 Å². The monoisotopic (exact) mass is 285 g/mol. The third-order valence-corrected chi connectivity index (χ3v) is 2.77. The molecule has 0 aromatic heterocycles. The Morgan fingerprint density at radius 1 is 1.05 bits per heavy atom. The van der Waals surface area contributed by atoms with E-state index in [0.29, 0.717) is 5.56 Å². The molecular formula is C14H11N3O4. The molecule has 0 saturated carbocycles. The molecule has 7 heteroatoms. The fraction of sp³-hybridized carbons (Fsp3) is 0. The van der Waals surface area contributed by atoms with Crippen molar-refractivity contribution in [1.82, 2.24) is 0 Å². The second-order valence-corrected chi connectivity index (χ2v) is 4.14. The average Bonchev–Trinajstić information content (AvgIpc) is 2.47. The number of anilines is 1. The van der Waals surface area contributed by atoms with Gasteiger partial charge >= 0.3 is 5.69 Å². The lowest BCUT2D eigenvalue weighted by atomic mass is 10.1. The number of primary amides is 1. The van der Waals surface area contributed by atoms with Crippen LogP contribution in [0.5, 0.6) is 0 Å². The zero-order valence-corrected chi connectivity index (χ0v) is 10.8. The fourth-order valence-electron chi connectivity index (χ4n) is 1.82. The van der Waals surface area contributed by atoms with Crippen molar-refractivity contribution >= 4 is 23.2 Å². The van der Waals surface area contributed by atoms with Crippen LogP contribution in [-0.2, 0) is 0 Å². The van der Waals surface area contributed by atoms with E-state index in [1.54, 1.807) is 30.3 Å². The summed E-state index contributed by atoms with van der Waals surface area (Å²) in [4.78, 5) is 33.6. The summed E-state index contributed by atoms with van der Waals surface area (Å²) in [6.07, 6.45) is 0. The van der Waals surface area contributed by atoms with Gasteiger partial charge in [0.25, 0.3) is 11.8 Å². The Bertz CT molecular complexity index is 713. The first-order valence-corrected chi connectivity index (χ1v) is 5.94. The van der Waals surface area contributed by atoms with Gasteiger partial charge in [0.1, 0.15) is 11.3 Å².